The number of benzene rings is 12. The zero-order valence-corrected chi connectivity index (χ0v) is 45.5. The Kier molecular flexibility index (Phi) is 10.8. The van der Waals surface area contributed by atoms with E-state index in [0.717, 1.165) is 100 Å². The summed E-state index contributed by atoms with van der Waals surface area (Å²) in [5.74, 6) is 0. The van der Waals surface area contributed by atoms with Crippen molar-refractivity contribution < 1.29 is 8.83 Å². The zero-order chi connectivity index (χ0) is 53.2. The van der Waals surface area contributed by atoms with E-state index in [2.05, 4.69) is 284 Å². The fraction of sp³-hybridized carbons (Fsp3) is 0.135. The fourth-order valence-electron chi connectivity index (χ4n) is 12.6. The molecule has 378 valence electrons. The second-order valence-corrected chi connectivity index (χ2v) is 23.3. The van der Waals surface area contributed by atoms with Gasteiger partial charge in [0.05, 0.1) is 34.1 Å². The van der Waals surface area contributed by atoms with Crippen LogP contribution in [0.3, 0.4) is 0 Å². The second kappa shape index (κ2) is 17.7. The third-order valence-corrected chi connectivity index (χ3v) is 16.3. The lowest BCUT2D eigenvalue weighted by Crippen LogP contribution is -2.13. The quantitative estimate of drug-likeness (QED) is 0.142. The van der Waals surface area contributed by atoms with Crippen molar-refractivity contribution in [2.24, 2.45) is 0 Å². The number of hydrogen-bond donors (Lipinski definition) is 0. The first-order chi connectivity index (χ1) is 37.8. The number of rotatable bonds is 8. The van der Waals surface area contributed by atoms with Gasteiger partial charge in [-0.3, -0.25) is 0 Å². The fourth-order valence-corrected chi connectivity index (χ4v) is 12.6. The van der Waals surface area contributed by atoms with E-state index in [1.807, 2.05) is 0 Å². The molecule has 0 aliphatic heterocycles. The molecule has 4 nitrogen and oxygen atoms in total. The maximum atomic E-state index is 7.31. The van der Waals surface area contributed by atoms with Gasteiger partial charge in [0.1, 0.15) is 11.2 Å². The summed E-state index contributed by atoms with van der Waals surface area (Å²) in [4.78, 5) is 4.93. The molecule has 0 atom stereocenters. The van der Waals surface area contributed by atoms with Crippen molar-refractivity contribution in [3.05, 3.63) is 241 Å². The molecule has 12 aromatic carbocycles. The monoisotopic (exact) mass is 1010 g/mol. The predicted molar refractivity (Wildman–Crippen MR) is 332 cm³/mol. The Morgan fingerprint density at radius 3 is 1.06 bits per heavy atom. The molecule has 0 N–H and O–H groups in total. The highest BCUT2D eigenvalue weighted by atomic mass is 16.3. The van der Waals surface area contributed by atoms with Crippen molar-refractivity contribution >= 4 is 110 Å². The molecule has 0 spiro atoms. The normalized spacial score (nSPS) is 12.4. The molecule has 0 unspecified atom stereocenters. The molecular weight excluding hydrogens is 949 g/mol. The van der Waals surface area contributed by atoms with Gasteiger partial charge in [-0.25, -0.2) is 0 Å². The van der Waals surface area contributed by atoms with Gasteiger partial charge in [0.25, 0.3) is 0 Å². The van der Waals surface area contributed by atoms with Crippen molar-refractivity contribution in [1.82, 2.24) is 0 Å². The highest BCUT2D eigenvalue weighted by molar-refractivity contribution is 6.29. The highest BCUT2D eigenvalue weighted by Gasteiger charge is 2.30. The van der Waals surface area contributed by atoms with Crippen LogP contribution < -0.4 is 9.80 Å². The van der Waals surface area contributed by atoms with E-state index in [-0.39, 0.29) is 10.8 Å². The molecule has 78 heavy (non-hydrogen) atoms. The van der Waals surface area contributed by atoms with Crippen LogP contribution in [-0.2, 0) is 10.8 Å². The smallest absolute Gasteiger partial charge is 0.159 e. The summed E-state index contributed by atoms with van der Waals surface area (Å²) in [6.07, 6.45) is 0. The molecule has 2 heterocycles. The van der Waals surface area contributed by atoms with Crippen LogP contribution in [0, 0.1) is 13.8 Å². The summed E-state index contributed by atoms with van der Waals surface area (Å²) >= 11 is 0. The van der Waals surface area contributed by atoms with E-state index in [9.17, 15) is 0 Å². The number of nitrogens with zero attached hydrogens (tertiary/aromatic N) is 2. The molecule has 0 fully saturated rings. The molecule has 0 saturated heterocycles. The summed E-state index contributed by atoms with van der Waals surface area (Å²) in [7, 11) is 0. The molecule has 0 amide bonds. The van der Waals surface area contributed by atoms with Crippen LogP contribution in [0.1, 0.15) is 63.8 Å². The van der Waals surface area contributed by atoms with Crippen LogP contribution >= 0.6 is 0 Å². The minimum Gasteiger partial charge on any atom is -0.454 e. The van der Waals surface area contributed by atoms with Crippen molar-refractivity contribution in [3.8, 4) is 22.3 Å². The maximum Gasteiger partial charge on any atom is 0.159 e. The van der Waals surface area contributed by atoms with Crippen LogP contribution in [0.25, 0.3) is 98.4 Å². The molecule has 14 rings (SSSR count). The van der Waals surface area contributed by atoms with E-state index in [4.69, 9.17) is 8.83 Å². The lowest BCUT2D eigenvalue weighted by atomic mass is 9.85. The van der Waals surface area contributed by atoms with E-state index in [1.165, 1.54) is 54.6 Å². The molecule has 14 aromatic rings. The van der Waals surface area contributed by atoms with Gasteiger partial charge in [0, 0.05) is 54.6 Å². The summed E-state index contributed by atoms with van der Waals surface area (Å²) in [6.45, 7) is 18.0. The minimum atomic E-state index is -0.128. The van der Waals surface area contributed by atoms with Crippen LogP contribution in [0.4, 0.5) is 34.1 Å². The van der Waals surface area contributed by atoms with Gasteiger partial charge in [0.2, 0.25) is 0 Å². The molecule has 0 aliphatic rings. The van der Waals surface area contributed by atoms with Crippen LogP contribution in [-0.4, -0.2) is 0 Å². The van der Waals surface area contributed by atoms with E-state index >= 15 is 0 Å². The first-order valence-electron chi connectivity index (χ1n) is 27.3. The largest absolute Gasteiger partial charge is 0.454 e. The minimum absolute atomic E-state index is 0.128. The molecule has 4 heteroatoms. The van der Waals surface area contributed by atoms with E-state index in [0.29, 0.717) is 0 Å². The number of para-hydroxylation sites is 4. The molecule has 0 radical (unpaired) electrons. The zero-order valence-electron chi connectivity index (χ0n) is 45.5. The molecule has 0 saturated carbocycles. The topological polar surface area (TPSA) is 32.8 Å². The third kappa shape index (κ3) is 7.34. The average Bonchev–Trinajstić information content (AvgIpc) is 4.09. The van der Waals surface area contributed by atoms with E-state index < -0.39 is 0 Å². The van der Waals surface area contributed by atoms with Crippen molar-refractivity contribution in [2.75, 3.05) is 9.80 Å². The maximum absolute atomic E-state index is 7.31. The standard InChI is InChI=1S/C74H60N2O2/c1-45-33-41-57(73(3,4)5)71-65(45)55-27-19-31-63(69(55)77-71)75(59-29-17-15-25-51(59)47-21-11-9-12-22-47)61-43-37-49-36-40-54-62(44-38-50-35-39-53(61)67(49)68(50)54)76(60-30-18-16-26-52(60)48-23-13-10-14-24-48)64-32-20-28-56-66-46(2)34-42-58(74(6,7)8)72(66)78-70(56)64/h9-44H,1-8H3. The summed E-state index contributed by atoms with van der Waals surface area (Å²) in [5, 5.41) is 11.6. The van der Waals surface area contributed by atoms with Gasteiger partial charge in [-0.15, -0.1) is 0 Å². The Balaban J connectivity index is 1.07. The van der Waals surface area contributed by atoms with Gasteiger partial charge >= 0.3 is 0 Å². The number of aryl methyl sites for hydroxylation is 2. The Hall–Kier alpha value is -9.12. The Morgan fingerprint density at radius 2 is 0.654 bits per heavy atom. The summed E-state index contributed by atoms with van der Waals surface area (Å²) < 4.78 is 14.6. The van der Waals surface area contributed by atoms with Crippen LogP contribution in [0.15, 0.2) is 227 Å². The molecular formula is C74H60N2O2. The Morgan fingerprint density at radius 1 is 0.282 bits per heavy atom. The molecule has 0 aliphatic carbocycles. The summed E-state index contributed by atoms with van der Waals surface area (Å²) in [6, 6.07) is 80.1. The number of fused-ring (bicyclic) bond motifs is 6. The number of furan rings is 2. The van der Waals surface area contributed by atoms with Crippen molar-refractivity contribution in [3.63, 3.8) is 0 Å². The van der Waals surface area contributed by atoms with Gasteiger partial charge in [0.15, 0.2) is 11.2 Å². The summed E-state index contributed by atoms with van der Waals surface area (Å²) in [5.41, 5.74) is 18.9. The van der Waals surface area contributed by atoms with Gasteiger partial charge in [-0.2, -0.15) is 0 Å². The number of hydrogen-bond acceptors (Lipinski definition) is 4. The first kappa shape index (κ1) is 47.3. The Bertz CT molecular complexity index is 4360. The highest BCUT2D eigenvalue weighted by Crippen LogP contribution is 2.53. The van der Waals surface area contributed by atoms with Crippen LogP contribution in [0.2, 0.25) is 0 Å². The van der Waals surface area contributed by atoms with Gasteiger partial charge < -0.3 is 18.6 Å². The lowest BCUT2D eigenvalue weighted by molar-refractivity contribution is 0.572. The Labute approximate surface area is 455 Å². The third-order valence-electron chi connectivity index (χ3n) is 16.3. The van der Waals surface area contributed by atoms with E-state index in [1.54, 1.807) is 0 Å². The van der Waals surface area contributed by atoms with Gasteiger partial charge in [-0.1, -0.05) is 224 Å². The molecule has 2 aromatic heterocycles. The first-order valence-corrected chi connectivity index (χ1v) is 27.3. The van der Waals surface area contributed by atoms with Crippen molar-refractivity contribution in [2.45, 2.75) is 66.2 Å². The van der Waals surface area contributed by atoms with Gasteiger partial charge in [-0.05, 0) is 105 Å². The molecule has 0 bridgehead atoms. The van der Waals surface area contributed by atoms with Crippen molar-refractivity contribution in [1.29, 1.82) is 0 Å². The SMILES string of the molecule is Cc1ccc(C(C)(C)C)c2oc3c(N(c4ccccc4-c4ccccc4)c4ccc5ccc6c(N(c7ccccc7-c7ccccc7)c7cccc8c7oc7c(C(C)(C)C)ccc(C)c78)ccc7ccc4c5c76)cccc3c12. The number of anilines is 6. The second-order valence-electron chi connectivity index (χ2n) is 23.3. The van der Waals surface area contributed by atoms with Crippen LogP contribution in [0.5, 0.6) is 0 Å². The lowest BCUT2D eigenvalue weighted by Gasteiger charge is -2.31. The average molecular weight is 1010 g/mol. The predicted octanol–water partition coefficient (Wildman–Crippen LogP) is 21.9.